The second-order valence-electron chi connectivity index (χ2n) is 8.04. The van der Waals surface area contributed by atoms with Crippen LogP contribution in [0.15, 0.2) is 28.9 Å². The molecule has 8 nitrogen and oxygen atoms in total. The number of allylic oxidation sites excluding steroid dienone is 3. The van der Waals surface area contributed by atoms with Crippen LogP contribution in [0.2, 0.25) is 0 Å². The number of nitrogens with zero attached hydrogens (tertiary/aromatic N) is 4. The van der Waals surface area contributed by atoms with Gasteiger partial charge < -0.3 is 15.1 Å². The van der Waals surface area contributed by atoms with Crippen molar-refractivity contribution in [3.8, 4) is 0 Å². The number of hydrazone groups is 1. The summed E-state index contributed by atoms with van der Waals surface area (Å²) in [6, 6.07) is 0.0243. The number of hydrogen-bond acceptors (Lipinski definition) is 7. The van der Waals surface area contributed by atoms with E-state index in [1.807, 2.05) is 39.8 Å². The molecule has 166 valence electrons. The van der Waals surface area contributed by atoms with Crippen molar-refractivity contribution in [2.24, 2.45) is 5.10 Å². The van der Waals surface area contributed by atoms with Crippen LogP contribution in [0.5, 0.6) is 0 Å². The van der Waals surface area contributed by atoms with Crippen molar-refractivity contribution in [3.05, 3.63) is 23.8 Å². The van der Waals surface area contributed by atoms with Gasteiger partial charge in [-0.15, -0.1) is 0 Å². The van der Waals surface area contributed by atoms with Crippen LogP contribution in [0.4, 0.5) is 9.18 Å². The fourth-order valence-electron chi connectivity index (χ4n) is 2.84. The van der Waals surface area contributed by atoms with E-state index in [0.717, 1.165) is 5.70 Å². The van der Waals surface area contributed by atoms with Gasteiger partial charge in [0.05, 0.1) is 17.5 Å². The standard InChI is InChI=1S/C20H37FN6O2/c1-9-18(21)16(3)24-27(25(8)15(2)14-23-22-7)17-10-12-26(13-11-17)19(28)29-20(4,5)6/h9,14,17,22-23H,10-13H2,1-8H3/b15-14-,18-9+,24-16+. The molecule has 0 saturated carbocycles. The minimum Gasteiger partial charge on any atom is -0.444 e. The Morgan fingerprint density at radius 2 is 1.86 bits per heavy atom. The maximum atomic E-state index is 14.0. The van der Waals surface area contributed by atoms with Crippen LogP contribution in [0.1, 0.15) is 54.4 Å². The smallest absolute Gasteiger partial charge is 0.410 e. The van der Waals surface area contributed by atoms with Crippen molar-refractivity contribution < 1.29 is 13.9 Å². The predicted octanol–water partition coefficient (Wildman–Crippen LogP) is 3.37. The Bertz CT molecular complexity index is 633. The lowest BCUT2D eigenvalue weighted by Crippen LogP contribution is -2.50. The molecule has 1 heterocycles. The van der Waals surface area contributed by atoms with Crippen molar-refractivity contribution >= 4 is 11.8 Å². The molecule has 0 bridgehead atoms. The summed E-state index contributed by atoms with van der Waals surface area (Å²) in [4.78, 5) is 14.0. The molecule has 0 unspecified atom stereocenters. The van der Waals surface area contributed by atoms with Crippen LogP contribution >= 0.6 is 0 Å². The second-order valence-corrected chi connectivity index (χ2v) is 8.04. The van der Waals surface area contributed by atoms with Crippen LogP contribution in [0, 0.1) is 0 Å². The van der Waals surface area contributed by atoms with Gasteiger partial charge in [0.1, 0.15) is 11.4 Å². The van der Waals surface area contributed by atoms with Gasteiger partial charge in [0.15, 0.2) is 0 Å². The van der Waals surface area contributed by atoms with E-state index in [1.165, 1.54) is 6.08 Å². The molecule has 9 heteroatoms. The average Bonchev–Trinajstić information content (AvgIpc) is 2.67. The van der Waals surface area contributed by atoms with Crippen molar-refractivity contribution in [3.63, 3.8) is 0 Å². The highest BCUT2D eigenvalue weighted by Crippen LogP contribution is 2.23. The summed E-state index contributed by atoms with van der Waals surface area (Å²) < 4.78 is 19.5. The molecule has 0 atom stereocenters. The van der Waals surface area contributed by atoms with Crippen LogP contribution < -0.4 is 10.9 Å². The third-order valence-electron chi connectivity index (χ3n) is 4.54. The molecule has 1 amide bonds. The van der Waals surface area contributed by atoms with Gasteiger partial charge >= 0.3 is 6.09 Å². The highest BCUT2D eigenvalue weighted by Gasteiger charge is 2.31. The second kappa shape index (κ2) is 11.0. The van der Waals surface area contributed by atoms with Gasteiger partial charge in [0.2, 0.25) is 0 Å². The molecule has 2 N–H and O–H groups in total. The highest BCUT2D eigenvalue weighted by molar-refractivity contribution is 5.95. The first-order valence-corrected chi connectivity index (χ1v) is 9.97. The number of piperidine rings is 1. The lowest BCUT2D eigenvalue weighted by atomic mass is 10.1. The Morgan fingerprint density at radius 3 is 2.34 bits per heavy atom. The number of ether oxygens (including phenoxy) is 1. The largest absolute Gasteiger partial charge is 0.444 e. The zero-order valence-corrected chi connectivity index (χ0v) is 19.0. The Hall–Kier alpha value is -2.29. The number of likely N-dealkylation sites (tertiary alicyclic amines) is 1. The molecule has 1 fully saturated rings. The highest BCUT2D eigenvalue weighted by atomic mass is 19.1. The van der Waals surface area contributed by atoms with E-state index in [1.54, 1.807) is 37.1 Å². The number of hydrogen-bond donors (Lipinski definition) is 2. The maximum absolute atomic E-state index is 14.0. The van der Waals surface area contributed by atoms with Gasteiger partial charge in [-0.3, -0.25) is 5.01 Å². The Labute approximate surface area is 174 Å². The molecule has 0 aromatic carbocycles. The first kappa shape index (κ1) is 24.7. The van der Waals surface area contributed by atoms with Gasteiger partial charge in [0.25, 0.3) is 0 Å². The van der Waals surface area contributed by atoms with E-state index >= 15 is 0 Å². The number of carbonyl (C=O) groups excluding carboxylic acids is 1. The van der Waals surface area contributed by atoms with E-state index in [2.05, 4.69) is 16.0 Å². The first-order chi connectivity index (χ1) is 13.5. The molecule has 0 spiro atoms. The van der Waals surface area contributed by atoms with Gasteiger partial charge in [-0.25, -0.2) is 19.7 Å². The molecule has 0 aromatic rings. The fraction of sp³-hybridized carbons (Fsp3) is 0.700. The van der Waals surface area contributed by atoms with Crippen molar-refractivity contribution in [2.75, 3.05) is 27.2 Å². The number of nitrogens with one attached hydrogen (secondary N) is 2. The molecule has 1 aliphatic rings. The molecule has 0 aromatic heterocycles. The summed E-state index contributed by atoms with van der Waals surface area (Å²) >= 11 is 0. The lowest BCUT2D eigenvalue weighted by molar-refractivity contribution is -0.0378. The molecular formula is C20H37FN6O2. The number of halogens is 1. The fourth-order valence-corrected chi connectivity index (χ4v) is 2.84. The Balaban J connectivity index is 2.97. The Morgan fingerprint density at radius 1 is 1.28 bits per heavy atom. The van der Waals surface area contributed by atoms with Gasteiger partial charge in [-0.1, -0.05) is 0 Å². The zero-order valence-electron chi connectivity index (χ0n) is 19.0. The lowest BCUT2D eigenvalue weighted by Gasteiger charge is -2.42. The normalized spacial score (nSPS) is 17.3. The van der Waals surface area contributed by atoms with Gasteiger partial charge in [-0.2, -0.15) is 5.10 Å². The summed E-state index contributed by atoms with van der Waals surface area (Å²) in [5.41, 5.74) is 6.46. The number of amides is 1. The monoisotopic (exact) mass is 412 g/mol. The minimum atomic E-state index is -0.520. The van der Waals surface area contributed by atoms with Crippen molar-refractivity contribution in [2.45, 2.75) is 66.0 Å². The molecule has 0 aliphatic carbocycles. The van der Waals surface area contributed by atoms with Gasteiger partial charge in [0, 0.05) is 33.4 Å². The summed E-state index contributed by atoms with van der Waals surface area (Å²) in [7, 11) is 3.66. The van der Waals surface area contributed by atoms with Crippen LogP contribution in [-0.2, 0) is 4.74 Å². The Kier molecular flexibility index (Phi) is 9.42. The number of carbonyl (C=O) groups is 1. The number of rotatable bonds is 7. The van der Waals surface area contributed by atoms with E-state index in [9.17, 15) is 9.18 Å². The van der Waals surface area contributed by atoms with Crippen molar-refractivity contribution in [1.29, 1.82) is 0 Å². The third-order valence-corrected chi connectivity index (χ3v) is 4.54. The van der Waals surface area contributed by atoms with E-state index < -0.39 is 5.60 Å². The minimum absolute atomic E-state index is 0.0243. The van der Waals surface area contributed by atoms with Crippen LogP contribution in [0.25, 0.3) is 0 Å². The number of hydrazine groups is 2. The SMILES string of the molecule is C/C=C(F)\C(C)=N\N(C1CCN(C(=O)OC(C)(C)C)CC1)N(C)/C(C)=C\NNC. The molecule has 0 radical (unpaired) electrons. The summed E-state index contributed by atoms with van der Waals surface area (Å²) in [5, 5.41) is 8.22. The maximum Gasteiger partial charge on any atom is 0.410 e. The molecule has 29 heavy (non-hydrogen) atoms. The molecule has 1 rings (SSSR count). The summed E-state index contributed by atoms with van der Waals surface area (Å²) in [6.45, 7) is 11.9. The average molecular weight is 413 g/mol. The van der Waals surface area contributed by atoms with E-state index in [4.69, 9.17) is 4.74 Å². The molecular weight excluding hydrogens is 375 g/mol. The van der Waals surface area contributed by atoms with E-state index in [-0.39, 0.29) is 18.0 Å². The van der Waals surface area contributed by atoms with Crippen molar-refractivity contribution in [1.82, 2.24) is 25.9 Å². The van der Waals surface area contributed by atoms with Crippen LogP contribution in [0.3, 0.4) is 0 Å². The van der Waals surface area contributed by atoms with Crippen LogP contribution in [-0.4, -0.2) is 65.7 Å². The predicted molar refractivity (Wildman–Crippen MR) is 114 cm³/mol. The summed E-state index contributed by atoms with van der Waals surface area (Å²) in [5.74, 6) is -0.357. The molecule has 1 aliphatic heterocycles. The molecule has 1 saturated heterocycles. The topological polar surface area (TPSA) is 72.4 Å². The first-order valence-electron chi connectivity index (χ1n) is 9.97. The zero-order chi connectivity index (χ0) is 22.2. The third kappa shape index (κ3) is 7.92. The summed E-state index contributed by atoms with van der Waals surface area (Å²) in [6.07, 6.45) is 4.30. The van der Waals surface area contributed by atoms with E-state index in [0.29, 0.717) is 31.6 Å². The quantitative estimate of drug-likeness (QED) is 0.493. The van der Waals surface area contributed by atoms with Gasteiger partial charge in [-0.05, 0) is 60.5 Å².